The van der Waals surface area contributed by atoms with E-state index < -0.39 is 11.7 Å². The Morgan fingerprint density at radius 1 is 0.970 bits per heavy atom. The van der Waals surface area contributed by atoms with E-state index in [4.69, 9.17) is 4.74 Å². The maximum absolute atomic E-state index is 13.4. The standard InChI is InChI=1S/C26H34FN3O3/c1-26(2,3)33-25(32)29-17-20-9-7-19(8-10-20)16-28-24(31)22-11-13-30(14-12-22)18-21-5-4-6-23(27)15-21/h4-10,15,22H,11-14,16-18H2,1-3H3,(H,28,31)(H,29,32). The SMILES string of the molecule is CC(C)(C)OC(=O)NCc1ccc(CNC(=O)C2CCN(Cc3cccc(F)c3)CC2)cc1. The molecule has 2 N–H and O–H groups in total. The van der Waals surface area contributed by atoms with Gasteiger partial charge >= 0.3 is 6.09 Å². The molecule has 0 saturated carbocycles. The van der Waals surface area contributed by atoms with Crippen molar-refractivity contribution in [2.24, 2.45) is 5.92 Å². The Kier molecular flexibility index (Phi) is 8.44. The van der Waals surface area contributed by atoms with E-state index in [1.807, 2.05) is 51.1 Å². The summed E-state index contributed by atoms with van der Waals surface area (Å²) in [5, 5.41) is 5.78. The first-order valence-electron chi connectivity index (χ1n) is 11.5. The molecule has 1 aliphatic rings. The van der Waals surface area contributed by atoms with Gasteiger partial charge in [0.1, 0.15) is 11.4 Å². The van der Waals surface area contributed by atoms with Crippen LogP contribution in [0.2, 0.25) is 0 Å². The van der Waals surface area contributed by atoms with Crippen molar-refractivity contribution in [3.63, 3.8) is 0 Å². The molecule has 1 heterocycles. The quantitative estimate of drug-likeness (QED) is 0.650. The zero-order chi connectivity index (χ0) is 23.8. The number of hydrogen-bond acceptors (Lipinski definition) is 4. The van der Waals surface area contributed by atoms with E-state index in [0.717, 1.165) is 42.6 Å². The first kappa shape index (κ1) is 24.7. The molecule has 0 bridgehead atoms. The highest BCUT2D eigenvalue weighted by Crippen LogP contribution is 2.20. The molecule has 7 heteroatoms. The van der Waals surface area contributed by atoms with Gasteiger partial charge in [0.15, 0.2) is 0 Å². The van der Waals surface area contributed by atoms with E-state index in [-0.39, 0.29) is 17.6 Å². The Bertz CT molecular complexity index is 933. The van der Waals surface area contributed by atoms with Crippen LogP contribution < -0.4 is 10.6 Å². The van der Waals surface area contributed by atoms with Gasteiger partial charge in [-0.05, 0) is 75.5 Å². The highest BCUT2D eigenvalue weighted by atomic mass is 19.1. The summed E-state index contributed by atoms with van der Waals surface area (Å²) in [6, 6.07) is 14.5. The Morgan fingerprint density at radius 2 is 1.58 bits per heavy atom. The number of amides is 2. The van der Waals surface area contributed by atoms with Gasteiger partial charge in [0.2, 0.25) is 5.91 Å². The van der Waals surface area contributed by atoms with Crippen LogP contribution in [0.1, 0.15) is 50.3 Å². The number of halogens is 1. The molecule has 1 aliphatic heterocycles. The van der Waals surface area contributed by atoms with Crippen molar-refractivity contribution in [2.45, 2.75) is 58.8 Å². The molecule has 0 aromatic heterocycles. The van der Waals surface area contributed by atoms with Crippen molar-refractivity contribution in [3.8, 4) is 0 Å². The molecular weight excluding hydrogens is 421 g/mol. The second kappa shape index (κ2) is 11.3. The number of carbonyl (C=O) groups excluding carboxylic acids is 2. The number of alkyl carbamates (subject to hydrolysis) is 1. The molecule has 0 atom stereocenters. The molecule has 6 nitrogen and oxygen atoms in total. The van der Waals surface area contributed by atoms with Crippen LogP contribution in [0.25, 0.3) is 0 Å². The zero-order valence-corrected chi connectivity index (χ0v) is 19.7. The van der Waals surface area contributed by atoms with Crippen molar-refractivity contribution in [2.75, 3.05) is 13.1 Å². The van der Waals surface area contributed by atoms with Crippen LogP contribution in [0.15, 0.2) is 48.5 Å². The largest absolute Gasteiger partial charge is 0.444 e. The second-order valence-electron chi connectivity index (χ2n) is 9.57. The fraction of sp³-hybridized carbons (Fsp3) is 0.462. The monoisotopic (exact) mass is 455 g/mol. The summed E-state index contributed by atoms with van der Waals surface area (Å²) in [7, 11) is 0. The average molecular weight is 456 g/mol. The summed E-state index contributed by atoms with van der Waals surface area (Å²) in [6.07, 6.45) is 1.16. The maximum Gasteiger partial charge on any atom is 0.407 e. The molecule has 0 unspecified atom stereocenters. The lowest BCUT2D eigenvalue weighted by atomic mass is 9.95. The van der Waals surface area contributed by atoms with E-state index >= 15 is 0 Å². The van der Waals surface area contributed by atoms with Crippen LogP contribution in [-0.2, 0) is 29.2 Å². The number of hydrogen-bond donors (Lipinski definition) is 2. The topological polar surface area (TPSA) is 70.7 Å². The van der Waals surface area contributed by atoms with Crippen LogP contribution in [-0.4, -0.2) is 35.6 Å². The van der Waals surface area contributed by atoms with Crippen LogP contribution >= 0.6 is 0 Å². The van der Waals surface area contributed by atoms with Crippen molar-refractivity contribution in [1.29, 1.82) is 0 Å². The van der Waals surface area contributed by atoms with Crippen molar-refractivity contribution in [3.05, 3.63) is 71.0 Å². The van der Waals surface area contributed by atoms with Gasteiger partial charge in [-0.2, -0.15) is 0 Å². The number of piperidine rings is 1. The first-order valence-corrected chi connectivity index (χ1v) is 11.5. The molecule has 33 heavy (non-hydrogen) atoms. The molecule has 2 aromatic rings. The van der Waals surface area contributed by atoms with Gasteiger partial charge in [-0.25, -0.2) is 9.18 Å². The van der Waals surface area contributed by atoms with E-state index in [0.29, 0.717) is 19.6 Å². The minimum absolute atomic E-state index is 0.00561. The lowest BCUT2D eigenvalue weighted by Crippen LogP contribution is -2.40. The normalized spacial score (nSPS) is 15.2. The third-order valence-electron chi connectivity index (χ3n) is 5.58. The van der Waals surface area contributed by atoms with E-state index in [1.54, 1.807) is 12.1 Å². The van der Waals surface area contributed by atoms with Gasteiger partial charge in [0.25, 0.3) is 0 Å². The Labute approximate surface area is 195 Å². The van der Waals surface area contributed by atoms with Gasteiger partial charge in [-0.1, -0.05) is 36.4 Å². The van der Waals surface area contributed by atoms with Crippen molar-refractivity contribution < 1.29 is 18.7 Å². The number of carbonyl (C=O) groups is 2. The molecule has 1 fully saturated rings. The highest BCUT2D eigenvalue weighted by molar-refractivity contribution is 5.78. The molecule has 0 aliphatic carbocycles. The molecule has 3 rings (SSSR count). The minimum atomic E-state index is -0.524. The van der Waals surface area contributed by atoms with E-state index in [9.17, 15) is 14.0 Å². The Morgan fingerprint density at radius 3 is 2.15 bits per heavy atom. The van der Waals surface area contributed by atoms with Crippen molar-refractivity contribution >= 4 is 12.0 Å². The third-order valence-corrected chi connectivity index (χ3v) is 5.58. The van der Waals surface area contributed by atoms with E-state index in [2.05, 4.69) is 15.5 Å². The first-order chi connectivity index (χ1) is 15.7. The van der Waals surface area contributed by atoms with Gasteiger partial charge < -0.3 is 15.4 Å². The van der Waals surface area contributed by atoms with Crippen LogP contribution in [0.3, 0.4) is 0 Å². The molecule has 2 aromatic carbocycles. The number of nitrogens with one attached hydrogen (secondary N) is 2. The summed E-state index contributed by atoms with van der Waals surface area (Å²) in [4.78, 5) is 26.6. The summed E-state index contributed by atoms with van der Waals surface area (Å²) in [6.45, 7) is 8.70. The average Bonchev–Trinajstić information content (AvgIpc) is 2.76. The fourth-order valence-electron chi connectivity index (χ4n) is 3.84. The maximum atomic E-state index is 13.4. The second-order valence-corrected chi connectivity index (χ2v) is 9.57. The minimum Gasteiger partial charge on any atom is -0.444 e. The fourth-order valence-corrected chi connectivity index (χ4v) is 3.84. The number of rotatable bonds is 7. The van der Waals surface area contributed by atoms with Crippen LogP contribution in [0.5, 0.6) is 0 Å². The number of nitrogens with zero attached hydrogens (tertiary/aromatic N) is 1. The lowest BCUT2D eigenvalue weighted by Gasteiger charge is -2.31. The van der Waals surface area contributed by atoms with Gasteiger partial charge in [0, 0.05) is 25.6 Å². The Balaban J connectivity index is 1.37. The summed E-state index contributed by atoms with van der Waals surface area (Å²) >= 11 is 0. The Hall–Kier alpha value is -2.93. The summed E-state index contributed by atoms with van der Waals surface area (Å²) < 4.78 is 18.6. The highest BCUT2D eigenvalue weighted by Gasteiger charge is 2.24. The number of benzene rings is 2. The molecule has 0 radical (unpaired) electrons. The van der Waals surface area contributed by atoms with E-state index in [1.165, 1.54) is 6.07 Å². The smallest absolute Gasteiger partial charge is 0.407 e. The number of ether oxygens (including phenoxy) is 1. The molecule has 178 valence electrons. The van der Waals surface area contributed by atoms with Crippen LogP contribution in [0.4, 0.5) is 9.18 Å². The molecule has 1 saturated heterocycles. The molecule has 0 spiro atoms. The predicted octanol–water partition coefficient (Wildman–Crippen LogP) is 4.38. The lowest BCUT2D eigenvalue weighted by molar-refractivity contribution is -0.126. The molecular formula is C26H34FN3O3. The zero-order valence-electron chi connectivity index (χ0n) is 19.7. The predicted molar refractivity (Wildman–Crippen MR) is 126 cm³/mol. The third kappa shape index (κ3) is 8.50. The van der Waals surface area contributed by atoms with Gasteiger partial charge in [-0.3, -0.25) is 9.69 Å². The van der Waals surface area contributed by atoms with Crippen molar-refractivity contribution in [1.82, 2.24) is 15.5 Å². The van der Waals surface area contributed by atoms with Gasteiger partial charge in [-0.15, -0.1) is 0 Å². The number of likely N-dealkylation sites (tertiary alicyclic amines) is 1. The summed E-state index contributed by atoms with van der Waals surface area (Å²) in [5.41, 5.74) is 2.40. The van der Waals surface area contributed by atoms with Crippen LogP contribution in [0, 0.1) is 11.7 Å². The van der Waals surface area contributed by atoms with Gasteiger partial charge in [0.05, 0.1) is 0 Å². The molecule has 2 amide bonds. The summed E-state index contributed by atoms with van der Waals surface area (Å²) in [5.74, 6) is -0.128.